The predicted molar refractivity (Wildman–Crippen MR) is 60.7 cm³/mol. The number of amides is 1. The highest BCUT2D eigenvalue weighted by atomic mass is 16.2. The van der Waals surface area contributed by atoms with Gasteiger partial charge in [0.25, 0.3) is 0 Å². The first-order valence-electron chi connectivity index (χ1n) is 5.62. The van der Waals surface area contributed by atoms with E-state index >= 15 is 0 Å². The van der Waals surface area contributed by atoms with Crippen molar-refractivity contribution in [3.8, 4) is 0 Å². The van der Waals surface area contributed by atoms with Gasteiger partial charge in [0.05, 0.1) is 0 Å². The van der Waals surface area contributed by atoms with E-state index in [1.165, 1.54) is 0 Å². The second kappa shape index (κ2) is 5.03. The summed E-state index contributed by atoms with van der Waals surface area (Å²) in [4.78, 5) is 21.8. The number of nitrogens with zero attached hydrogens (tertiary/aromatic N) is 3. The summed E-state index contributed by atoms with van der Waals surface area (Å²) in [7, 11) is 0. The minimum atomic E-state index is 0.123. The van der Waals surface area contributed by atoms with Crippen LogP contribution in [-0.2, 0) is 11.3 Å². The van der Waals surface area contributed by atoms with Crippen LogP contribution in [0.4, 0.5) is 5.95 Å². The van der Waals surface area contributed by atoms with E-state index in [4.69, 9.17) is 5.73 Å². The van der Waals surface area contributed by atoms with Crippen LogP contribution in [0, 0.1) is 0 Å². The molecule has 16 heavy (non-hydrogen) atoms. The normalized spacial score (nSPS) is 17.3. The van der Waals surface area contributed by atoms with Gasteiger partial charge in [-0.25, -0.2) is 9.97 Å². The molecule has 1 saturated heterocycles. The highest BCUT2D eigenvalue weighted by molar-refractivity contribution is 5.91. The van der Waals surface area contributed by atoms with Crippen molar-refractivity contribution < 1.29 is 4.79 Å². The van der Waals surface area contributed by atoms with Crippen molar-refractivity contribution >= 4 is 11.9 Å². The maximum Gasteiger partial charge on any atom is 0.232 e. The predicted octanol–water partition coefficient (Wildman–Crippen LogP) is 0.842. The Bertz CT molecular complexity index is 363. The molecule has 1 aliphatic heterocycles. The molecule has 2 heterocycles. The van der Waals surface area contributed by atoms with Crippen molar-refractivity contribution in [1.82, 2.24) is 9.97 Å². The van der Waals surface area contributed by atoms with Gasteiger partial charge < -0.3 is 5.73 Å². The molecule has 0 atom stereocenters. The van der Waals surface area contributed by atoms with E-state index in [0.29, 0.717) is 18.9 Å². The van der Waals surface area contributed by atoms with Crippen LogP contribution >= 0.6 is 0 Å². The van der Waals surface area contributed by atoms with Crippen molar-refractivity contribution in [3.63, 3.8) is 0 Å². The second-order valence-corrected chi connectivity index (χ2v) is 3.95. The molecule has 5 heteroatoms. The third kappa shape index (κ3) is 2.36. The third-order valence-corrected chi connectivity index (χ3v) is 2.74. The number of hydrogen-bond donors (Lipinski definition) is 1. The lowest BCUT2D eigenvalue weighted by molar-refractivity contribution is -0.118. The van der Waals surface area contributed by atoms with Crippen LogP contribution in [0.1, 0.15) is 31.2 Å². The topological polar surface area (TPSA) is 72.1 Å². The SMILES string of the molecule is NCc1cnc(N2CCCCCC2=O)nc1. The first-order valence-corrected chi connectivity index (χ1v) is 5.62. The van der Waals surface area contributed by atoms with Crippen molar-refractivity contribution in [2.24, 2.45) is 5.73 Å². The van der Waals surface area contributed by atoms with Gasteiger partial charge in [0.2, 0.25) is 11.9 Å². The van der Waals surface area contributed by atoms with Crippen molar-refractivity contribution in [1.29, 1.82) is 0 Å². The summed E-state index contributed by atoms with van der Waals surface area (Å²) >= 11 is 0. The molecular weight excluding hydrogens is 204 g/mol. The van der Waals surface area contributed by atoms with Crippen molar-refractivity contribution in [2.75, 3.05) is 11.4 Å². The number of hydrogen-bond acceptors (Lipinski definition) is 4. The fourth-order valence-electron chi connectivity index (χ4n) is 1.79. The van der Waals surface area contributed by atoms with Crippen LogP contribution < -0.4 is 10.6 Å². The minimum Gasteiger partial charge on any atom is -0.326 e. The molecule has 0 bridgehead atoms. The lowest BCUT2D eigenvalue weighted by Crippen LogP contribution is -2.31. The van der Waals surface area contributed by atoms with Crippen LogP contribution in [0.5, 0.6) is 0 Å². The Morgan fingerprint density at radius 1 is 1.25 bits per heavy atom. The minimum absolute atomic E-state index is 0.123. The number of aromatic nitrogens is 2. The van der Waals surface area contributed by atoms with E-state index in [0.717, 1.165) is 31.4 Å². The molecule has 0 spiro atoms. The first kappa shape index (κ1) is 11.0. The van der Waals surface area contributed by atoms with Gasteiger partial charge in [0.15, 0.2) is 0 Å². The van der Waals surface area contributed by atoms with Gasteiger partial charge in [-0.2, -0.15) is 0 Å². The fourth-order valence-corrected chi connectivity index (χ4v) is 1.79. The summed E-state index contributed by atoms with van der Waals surface area (Å²) in [6.07, 6.45) is 7.05. The molecule has 0 aromatic carbocycles. The average molecular weight is 220 g/mol. The number of nitrogens with two attached hydrogens (primary N) is 1. The van der Waals surface area contributed by atoms with E-state index in [9.17, 15) is 4.79 Å². The van der Waals surface area contributed by atoms with Crippen LogP contribution in [-0.4, -0.2) is 22.4 Å². The van der Waals surface area contributed by atoms with E-state index in [1.807, 2.05) is 0 Å². The van der Waals surface area contributed by atoms with Gasteiger partial charge in [0.1, 0.15) is 0 Å². The summed E-state index contributed by atoms with van der Waals surface area (Å²) in [5.74, 6) is 0.627. The molecule has 5 nitrogen and oxygen atoms in total. The monoisotopic (exact) mass is 220 g/mol. The number of anilines is 1. The molecule has 1 aromatic heterocycles. The van der Waals surface area contributed by atoms with Gasteiger partial charge in [-0.1, -0.05) is 6.42 Å². The van der Waals surface area contributed by atoms with Gasteiger partial charge in [0, 0.05) is 37.5 Å². The molecule has 2 rings (SSSR count). The highest BCUT2D eigenvalue weighted by Gasteiger charge is 2.19. The van der Waals surface area contributed by atoms with Gasteiger partial charge in [-0.3, -0.25) is 9.69 Å². The Labute approximate surface area is 94.7 Å². The smallest absolute Gasteiger partial charge is 0.232 e. The first-order chi connectivity index (χ1) is 7.81. The molecule has 86 valence electrons. The maximum absolute atomic E-state index is 11.8. The largest absolute Gasteiger partial charge is 0.326 e. The molecule has 1 aromatic rings. The summed E-state index contributed by atoms with van der Waals surface area (Å²) in [5.41, 5.74) is 6.35. The number of carbonyl (C=O) groups is 1. The number of rotatable bonds is 2. The Morgan fingerprint density at radius 3 is 2.69 bits per heavy atom. The lowest BCUT2D eigenvalue weighted by atomic mass is 10.2. The van der Waals surface area contributed by atoms with E-state index in [-0.39, 0.29) is 5.91 Å². The molecule has 0 aliphatic carbocycles. The van der Waals surface area contributed by atoms with Crippen molar-refractivity contribution in [2.45, 2.75) is 32.2 Å². The average Bonchev–Trinajstić information content (AvgIpc) is 2.54. The molecule has 1 aliphatic rings. The molecular formula is C11H16N4O. The summed E-state index contributed by atoms with van der Waals surface area (Å²) in [6, 6.07) is 0. The maximum atomic E-state index is 11.8. The summed E-state index contributed by atoms with van der Waals surface area (Å²) in [5, 5.41) is 0. The van der Waals surface area contributed by atoms with E-state index < -0.39 is 0 Å². The summed E-state index contributed by atoms with van der Waals surface area (Å²) < 4.78 is 0. The Balaban J connectivity index is 2.17. The van der Waals surface area contributed by atoms with Gasteiger partial charge in [-0.05, 0) is 12.8 Å². The van der Waals surface area contributed by atoms with Gasteiger partial charge >= 0.3 is 0 Å². The zero-order valence-electron chi connectivity index (χ0n) is 9.22. The summed E-state index contributed by atoms with van der Waals surface area (Å²) in [6.45, 7) is 1.15. The second-order valence-electron chi connectivity index (χ2n) is 3.95. The Hall–Kier alpha value is -1.49. The highest BCUT2D eigenvalue weighted by Crippen LogP contribution is 2.16. The van der Waals surface area contributed by atoms with Crippen LogP contribution in [0.2, 0.25) is 0 Å². The zero-order chi connectivity index (χ0) is 11.4. The van der Waals surface area contributed by atoms with E-state index in [2.05, 4.69) is 9.97 Å². The van der Waals surface area contributed by atoms with Gasteiger partial charge in [-0.15, -0.1) is 0 Å². The number of carbonyl (C=O) groups excluding carboxylic acids is 1. The van der Waals surface area contributed by atoms with Crippen LogP contribution in [0.15, 0.2) is 12.4 Å². The van der Waals surface area contributed by atoms with Crippen LogP contribution in [0.3, 0.4) is 0 Å². The van der Waals surface area contributed by atoms with Crippen LogP contribution in [0.25, 0.3) is 0 Å². The van der Waals surface area contributed by atoms with E-state index in [1.54, 1.807) is 17.3 Å². The zero-order valence-corrected chi connectivity index (χ0v) is 9.22. The molecule has 0 saturated carbocycles. The molecule has 1 amide bonds. The molecule has 2 N–H and O–H groups in total. The standard InChI is InChI=1S/C11H16N4O/c12-6-9-7-13-11(14-8-9)15-5-3-1-2-4-10(15)16/h7-8H,1-6,12H2. The fraction of sp³-hybridized carbons (Fsp3) is 0.545. The lowest BCUT2D eigenvalue weighted by Gasteiger charge is -2.17. The Morgan fingerprint density at radius 2 is 2.00 bits per heavy atom. The molecule has 0 unspecified atom stereocenters. The van der Waals surface area contributed by atoms with Crippen molar-refractivity contribution in [3.05, 3.63) is 18.0 Å². The molecule has 1 fully saturated rings. The quantitative estimate of drug-likeness (QED) is 0.801. The molecule has 0 radical (unpaired) electrons. The third-order valence-electron chi connectivity index (χ3n) is 2.74. The Kier molecular flexibility index (Phi) is 3.46.